The number of benzene rings is 1. The lowest BCUT2D eigenvalue weighted by Crippen LogP contribution is -2.02. The highest BCUT2D eigenvalue weighted by Gasteiger charge is 2.19. The van der Waals surface area contributed by atoms with Crippen LogP contribution in [0.3, 0.4) is 0 Å². The summed E-state index contributed by atoms with van der Waals surface area (Å²) < 4.78 is 0. The van der Waals surface area contributed by atoms with Gasteiger partial charge in [-0.15, -0.1) is 0 Å². The van der Waals surface area contributed by atoms with E-state index in [2.05, 4.69) is 0 Å². The number of nitrogens with zero attached hydrogens (tertiary/aromatic N) is 3. The van der Waals surface area contributed by atoms with E-state index in [9.17, 15) is 10.1 Å². The molecule has 0 aliphatic rings. The molecule has 0 saturated carbocycles. The van der Waals surface area contributed by atoms with E-state index in [1.807, 2.05) is 19.1 Å². The Morgan fingerprint density at radius 1 is 1.41 bits per heavy atom. The summed E-state index contributed by atoms with van der Waals surface area (Å²) in [7, 11) is 0. The molecule has 1 aromatic rings. The first-order valence-corrected chi connectivity index (χ1v) is 5.21. The SMILES string of the molecule is CCCc1c(CC#N)ccc([N+](=O)[O-])c1C#N. The number of nitro benzene ring substituents is 1. The Kier molecular flexibility index (Phi) is 4.19. The third kappa shape index (κ3) is 2.59. The van der Waals surface area contributed by atoms with Gasteiger partial charge < -0.3 is 0 Å². The molecule has 1 aromatic carbocycles. The van der Waals surface area contributed by atoms with Crippen LogP contribution in [0.15, 0.2) is 12.1 Å². The van der Waals surface area contributed by atoms with Crippen LogP contribution in [0.2, 0.25) is 0 Å². The fourth-order valence-electron chi connectivity index (χ4n) is 1.74. The van der Waals surface area contributed by atoms with Crippen LogP contribution in [0.4, 0.5) is 5.69 Å². The first-order valence-electron chi connectivity index (χ1n) is 5.21. The fourth-order valence-corrected chi connectivity index (χ4v) is 1.74. The zero-order valence-corrected chi connectivity index (χ0v) is 9.43. The Hall–Kier alpha value is -2.40. The molecule has 0 unspecified atom stereocenters. The topological polar surface area (TPSA) is 90.7 Å². The maximum absolute atomic E-state index is 10.8. The minimum Gasteiger partial charge on any atom is -0.258 e. The zero-order valence-electron chi connectivity index (χ0n) is 9.43. The van der Waals surface area contributed by atoms with Crippen molar-refractivity contribution in [3.05, 3.63) is 38.9 Å². The molecule has 0 heterocycles. The molecule has 1 rings (SSSR count). The van der Waals surface area contributed by atoms with Crippen LogP contribution in [-0.4, -0.2) is 4.92 Å². The Morgan fingerprint density at radius 2 is 2.12 bits per heavy atom. The van der Waals surface area contributed by atoms with E-state index in [1.54, 1.807) is 6.07 Å². The predicted octanol–water partition coefficient (Wildman–Crippen LogP) is 2.49. The van der Waals surface area contributed by atoms with Gasteiger partial charge in [0.15, 0.2) is 0 Å². The molecule has 0 aromatic heterocycles. The maximum atomic E-state index is 10.8. The van der Waals surface area contributed by atoms with Gasteiger partial charge in [0.1, 0.15) is 11.6 Å². The van der Waals surface area contributed by atoms with E-state index in [4.69, 9.17) is 10.5 Å². The average molecular weight is 229 g/mol. The van der Waals surface area contributed by atoms with E-state index < -0.39 is 4.92 Å². The quantitative estimate of drug-likeness (QED) is 0.585. The van der Waals surface area contributed by atoms with Crippen LogP contribution in [-0.2, 0) is 12.8 Å². The Balaban J connectivity index is 3.46. The molecule has 0 spiro atoms. The van der Waals surface area contributed by atoms with E-state index in [-0.39, 0.29) is 17.7 Å². The molecule has 0 saturated heterocycles. The lowest BCUT2D eigenvalue weighted by Gasteiger charge is -2.08. The van der Waals surface area contributed by atoms with E-state index in [1.165, 1.54) is 6.07 Å². The molecule has 0 N–H and O–H groups in total. The van der Waals surface area contributed by atoms with Crippen LogP contribution in [0.25, 0.3) is 0 Å². The first-order chi connectivity index (χ1) is 8.15. The third-order valence-corrected chi connectivity index (χ3v) is 2.47. The Bertz CT molecular complexity index is 524. The molecular weight excluding hydrogens is 218 g/mol. The van der Waals surface area contributed by atoms with Gasteiger partial charge in [-0.3, -0.25) is 10.1 Å². The summed E-state index contributed by atoms with van der Waals surface area (Å²) >= 11 is 0. The van der Waals surface area contributed by atoms with Crippen LogP contribution < -0.4 is 0 Å². The average Bonchev–Trinajstić information content (AvgIpc) is 2.31. The molecule has 0 aliphatic carbocycles. The molecule has 0 aliphatic heterocycles. The molecule has 5 nitrogen and oxygen atoms in total. The first kappa shape index (κ1) is 12.7. The number of nitriles is 2. The molecule has 0 amide bonds. The van der Waals surface area contributed by atoms with Gasteiger partial charge >= 0.3 is 0 Å². The minimum absolute atomic E-state index is 0.0876. The smallest absolute Gasteiger partial charge is 0.258 e. The van der Waals surface area contributed by atoms with Gasteiger partial charge in [-0.1, -0.05) is 19.4 Å². The van der Waals surface area contributed by atoms with Gasteiger partial charge in [-0.05, 0) is 17.5 Å². The van der Waals surface area contributed by atoms with E-state index in [0.717, 1.165) is 6.42 Å². The van der Waals surface area contributed by atoms with Crippen molar-refractivity contribution < 1.29 is 4.92 Å². The monoisotopic (exact) mass is 229 g/mol. The van der Waals surface area contributed by atoms with Crippen molar-refractivity contribution in [2.24, 2.45) is 0 Å². The van der Waals surface area contributed by atoms with Gasteiger partial charge in [0.25, 0.3) is 5.69 Å². The van der Waals surface area contributed by atoms with Gasteiger partial charge in [-0.25, -0.2) is 0 Å². The summed E-state index contributed by atoms with van der Waals surface area (Å²) in [6.07, 6.45) is 1.51. The Morgan fingerprint density at radius 3 is 2.59 bits per heavy atom. The van der Waals surface area contributed by atoms with Crippen molar-refractivity contribution in [1.29, 1.82) is 10.5 Å². The van der Waals surface area contributed by atoms with E-state index in [0.29, 0.717) is 17.5 Å². The van der Waals surface area contributed by atoms with Crippen LogP contribution in [0, 0.1) is 32.8 Å². The van der Waals surface area contributed by atoms with Crippen LogP contribution >= 0.6 is 0 Å². The summed E-state index contributed by atoms with van der Waals surface area (Å²) in [5.41, 5.74) is 1.24. The summed E-state index contributed by atoms with van der Waals surface area (Å²) in [5, 5.41) is 28.5. The second-order valence-corrected chi connectivity index (χ2v) is 3.55. The van der Waals surface area contributed by atoms with Crippen molar-refractivity contribution in [1.82, 2.24) is 0 Å². The predicted molar refractivity (Wildman–Crippen MR) is 61.1 cm³/mol. The van der Waals surface area contributed by atoms with Gasteiger partial charge in [0.05, 0.1) is 17.4 Å². The van der Waals surface area contributed by atoms with Crippen molar-refractivity contribution >= 4 is 5.69 Å². The highest BCUT2D eigenvalue weighted by atomic mass is 16.6. The third-order valence-electron chi connectivity index (χ3n) is 2.47. The lowest BCUT2D eigenvalue weighted by molar-refractivity contribution is -0.385. The van der Waals surface area contributed by atoms with Gasteiger partial charge in [0, 0.05) is 6.07 Å². The van der Waals surface area contributed by atoms with Crippen molar-refractivity contribution in [3.63, 3.8) is 0 Å². The summed E-state index contributed by atoms with van der Waals surface area (Å²) in [4.78, 5) is 10.2. The lowest BCUT2D eigenvalue weighted by atomic mass is 9.95. The molecular formula is C12H11N3O2. The molecule has 17 heavy (non-hydrogen) atoms. The number of rotatable bonds is 4. The van der Waals surface area contributed by atoms with E-state index >= 15 is 0 Å². The Labute approximate surface area is 99.1 Å². The largest absolute Gasteiger partial charge is 0.287 e. The van der Waals surface area contributed by atoms with Gasteiger partial charge in [0.2, 0.25) is 0 Å². The van der Waals surface area contributed by atoms with Crippen molar-refractivity contribution in [2.75, 3.05) is 0 Å². The number of hydrogen-bond donors (Lipinski definition) is 0. The second kappa shape index (κ2) is 5.62. The summed E-state index contributed by atoms with van der Waals surface area (Å²) in [6, 6.07) is 6.74. The highest BCUT2D eigenvalue weighted by molar-refractivity contribution is 5.56. The second-order valence-electron chi connectivity index (χ2n) is 3.55. The van der Waals surface area contributed by atoms with Crippen molar-refractivity contribution in [2.45, 2.75) is 26.2 Å². The molecule has 0 bridgehead atoms. The molecule has 0 atom stereocenters. The minimum atomic E-state index is -0.562. The van der Waals surface area contributed by atoms with Crippen LogP contribution in [0.5, 0.6) is 0 Å². The van der Waals surface area contributed by atoms with Gasteiger partial charge in [-0.2, -0.15) is 10.5 Å². The normalized spacial score (nSPS) is 9.35. The van der Waals surface area contributed by atoms with Crippen LogP contribution in [0.1, 0.15) is 30.0 Å². The summed E-state index contributed by atoms with van der Waals surface area (Å²) in [6.45, 7) is 1.93. The molecule has 0 fully saturated rings. The molecule has 0 radical (unpaired) electrons. The standard InChI is InChI=1S/C12H11N3O2/c1-2-3-10-9(6-7-13)4-5-12(15(16)17)11(10)8-14/h4-5H,2-3,6H2,1H3. The fraction of sp³-hybridized carbons (Fsp3) is 0.333. The number of nitro groups is 1. The molecule has 5 heteroatoms. The zero-order chi connectivity index (χ0) is 12.8. The molecule has 86 valence electrons. The maximum Gasteiger partial charge on any atom is 0.287 e. The summed E-state index contributed by atoms with van der Waals surface area (Å²) in [5.74, 6) is 0. The van der Waals surface area contributed by atoms with Crippen molar-refractivity contribution in [3.8, 4) is 12.1 Å². The highest BCUT2D eigenvalue weighted by Crippen LogP contribution is 2.26. The number of hydrogen-bond acceptors (Lipinski definition) is 4.